The first-order valence-corrected chi connectivity index (χ1v) is 8.43. The number of hydrogen-bond acceptors (Lipinski definition) is 4. The second kappa shape index (κ2) is 7.12. The van der Waals surface area contributed by atoms with Crippen LogP contribution < -0.4 is 4.74 Å². The van der Waals surface area contributed by atoms with E-state index >= 15 is 0 Å². The smallest absolute Gasteiger partial charge is 0.261 e. The largest absolute Gasteiger partial charge is 0.491 e. The first kappa shape index (κ1) is 16.3. The Morgan fingerprint density at radius 3 is 2.37 bits per heavy atom. The Morgan fingerprint density at radius 2 is 1.79 bits per heavy atom. The summed E-state index contributed by atoms with van der Waals surface area (Å²) in [4.78, 5) is 0.126. The number of hydrogen-bond donors (Lipinski definition) is 0. The maximum Gasteiger partial charge on any atom is 0.261 e. The van der Waals surface area contributed by atoms with Crippen LogP contribution in [0.5, 0.6) is 5.75 Å². The van der Waals surface area contributed by atoms with Crippen molar-refractivity contribution in [2.45, 2.75) is 32.1 Å². The maximum atomic E-state index is 11.4. The minimum atomic E-state index is -3.71. The predicted molar refractivity (Wildman–Crippen MR) is 75.6 cm³/mol. The fourth-order valence-corrected chi connectivity index (χ4v) is 2.90. The quantitative estimate of drug-likeness (QED) is 0.574. The Hall–Kier alpha value is -0.780. The highest BCUT2D eigenvalue weighted by atomic mass is 35.7. The van der Waals surface area contributed by atoms with Gasteiger partial charge in [-0.15, -0.1) is 0 Å². The molecule has 1 aromatic rings. The fourth-order valence-electron chi connectivity index (χ4n) is 1.64. The molecule has 0 aliphatic rings. The molecule has 0 saturated carbocycles. The SMILES string of the molecule is CCCOCCOc1cc(C)c(S(=O)(=O)Cl)cc1C. The highest BCUT2D eigenvalue weighted by Gasteiger charge is 2.15. The van der Waals surface area contributed by atoms with Crippen LogP contribution in [0.1, 0.15) is 24.5 Å². The van der Waals surface area contributed by atoms with E-state index in [9.17, 15) is 8.42 Å². The summed E-state index contributed by atoms with van der Waals surface area (Å²) in [6.45, 7) is 7.18. The first-order chi connectivity index (χ1) is 8.86. The van der Waals surface area contributed by atoms with Gasteiger partial charge in [0, 0.05) is 17.3 Å². The second-order valence-electron chi connectivity index (χ2n) is 4.28. The Balaban J connectivity index is 2.74. The van der Waals surface area contributed by atoms with E-state index in [1.54, 1.807) is 19.9 Å². The highest BCUT2D eigenvalue weighted by Crippen LogP contribution is 2.27. The van der Waals surface area contributed by atoms with Crippen LogP contribution in [0, 0.1) is 13.8 Å². The van der Waals surface area contributed by atoms with Crippen LogP contribution in [0.15, 0.2) is 17.0 Å². The van der Waals surface area contributed by atoms with Crippen molar-refractivity contribution < 1.29 is 17.9 Å². The average molecular weight is 307 g/mol. The summed E-state index contributed by atoms with van der Waals surface area (Å²) in [5, 5.41) is 0. The van der Waals surface area contributed by atoms with Gasteiger partial charge in [-0.25, -0.2) is 8.42 Å². The van der Waals surface area contributed by atoms with Gasteiger partial charge in [0.2, 0.25) is 0 Å². The van der Waals surface area contributed by atoms with Gasteiger partial charge in [-0.2, -0.15) is 0 Å². The Kier molecular flexibility index (Phi) is 6.10. The van der Waals surface area contributed by atoms with Gasteiger partial charge in [-0.1, -0.05) is 6.92 Å². The van der Waals surface area contributed by atoms with Gasteiger partial charge in [0.25, 0.3) is 9.05 Å². The van der Waals surface area contributed by atoms with Gasteiger partial charge in [0.15, 0.2) is 0 Å². The molecule has 0 aliphatic carbocycles. The molecule has 0 fully saturated rings. The maximum absolute atomic E-state index is 11.4. The van der Waals surface area contributed by atoms with Crippen LogP contribution in [0.2, 0.25) is 0 Å². The lowest BCUT2D eigenvalue weighted by Gasteiger charge is -2.12. The lowest BCUT2D eigenvalue weighted by atomic mass is 10.1. The molecule has 4 nitrogen and oxygen atoms in total. The van der Waals surface area contributed by atoms with E-state index in [1.165, 1.54) is 6.07 Å². The van der Waals surface area contributed by atoms with Crippen molar-refractivity contribution in [1.29, 1.82) is 0 Å². The highest BCUT2D eigenvalue weighted by molar-refractivity contribution is 8.13. The molecule has 0 amide bonds. The van der Waals surface area contributed by atoms with E-state index in [-0.39, 0.29) is 4.90 Å². The molecule has 108 valence electrons. The Labute approximate surface area is 119 Å². The summed E-state index contributed by atoms with van der Waals surface area (Å²) in [6.07, 6.45) is 0.973. The number of aryl methyl sites for hydroxylation is 2. The van der Waals surface area contributed by atoms with Crippen LogP contribution in [0.4, 0.5) is 0 Å². The molecule has 0 N–H and O–H groups in total. The van der Waals surface area contributed by atoms with E-state index in [1.807, 2.05) is 6.92 Å². The van der Waals surface area contributed by atoms with Gasteiger partial charge >= 0.3 is 0 Å². The summed E-state index contributed by atoms with van der Waals surface area (Å²) in [5.74, 6) is 0.654. The van der Waals surface area contributed by atoms with Crippen molar-refractivity contribution in [2.75, 3.05) is 19.8 Å². The molecular weight excluding hydrogens is 288 g/mol. The first-order valence-electron chi connectivity index (χ1n) is 6.12. The summed E-state index contributed by atoms with van der Waals surface area (Å²) < 4.78 is 33.6. The summed E-state index contributed by atoms with van der Waals surface area (Å²) in [7, 11) is 1.65. The molecule has 0 aliphatic heterocycles. The third-order valence-corrected chi connectivity index (χ3v) is 4.03. The van der Waals surface area contributed by atoms with Crippen LogP contribution >= 0.6 is 10.7 Å². The Morgan fingerprint density at radius 1 is 1.11 bits per heavy atom. The number of benzene rings is 1. The molecule has 0 atom stereocenters. The van der Waals surface area contributed by atoms with Crippen LogP contribution in [-0.2, 0) is 13.8 Å². The fraction of sp³-hybridized carbons (Fsp3) is 0.538. The summed E-state index contributed by atoms with van der Waals surface area (Å²) in [6, 6.07) is 3.21. The summed E-state index contributed by atoms with van der Waals surface area (Å²) in [5.41, 5.74) is 1.31. The zero-order valence-corrected chi connectivity index (χ0v) is 13.0. The average Bonchev–Trinajstić information content (AvgIpc) is 2.31. The Bertz CT molecular complexity index is 526. The van der Waals surface area contributed by atoms with Crippen molar-refractivity contribution >= 4 is 19.7 Å². The minimum Gasteiger partial charge on any atom is -0.491 e. The number of ether oxygens (including phenoxy) is 2. The molecule has 19 heavy (non-hydrogen) atoms. The van der Waals surface area contributed by atoms with Crippen LogP contribution in [0.3, 0.4) is 0 Å². The van der Waals surface area contributed by atoms with Gasteiger partial charge < -0.3 is 9.47 Å². The minimum absolute atomic E-state index is 0.126. The zero-order chi connectivity index (χ0) is 14.5. The van der Waals surface area contributed by atoms with Gasteiger partial charge in [-0.3, -0.25) is 0 Å². The second-order valence-corrected chi connectivity index (χ2v) is 6.82. The van der Waals surface area contributed by atoms with E-state index in [2.05, 4.69) is 0 Å². The van der Waals surface area contributed by atoms with Crippen molar-refractivity contribution in [3.8, 4) is 5.75 Å². The van der Waals surface area contributed by atoms with Gasteiger partial charge in [0.05, 0.1) is 11.5 Å². The van der Waals surface area contributed by atoms with E-state index in [0.717, 1.165) is 12.0 Å². The molecule has 0 aromatic heterocycles. The molecule has 0 bridgehead atoms. The molecule has 0 saturated heterocycles. The number of rotatable bonds is 7. The molecule has 0 spiro atoms. The van der Waals surface area contributed by atoms with Gasteiger partial charge in [-0.05, 0) is 43.5 Å². The molecule has 1 aromatic carbocycles. The number of halogens is 1. The van der Waals surface area contributed by atoms with Crippen molar-refractivity contribution in [1.82, 2.24) is 0 Å². The van der Waals surface area contributed by atoms with E-state index in [0.29, 0.717) is 31.1 Å². The standard InChI is InChI=1S/C13H19ClO4S/c1-4-5-17-6-7-18-12-8-11(3)13(9-10(12)2)19(14,15)16/h8-9H,4-7H2,1-3H3. The predicted octanol–water partition coefficient (Wildman–Crippen LogP) is 3.04. The normalized spacial score (nSPS) is 11.6. The monoisotopic (exact) mass is 306 g/mol. The molecule has 1 rings (SSSR count). The molecule has 0 radical (unpaired) electrons. The van der Waals surface area contributed by atoms with Crippen molar-refractivity contribution in [3.63, 3.8) is 0 Å². The topological polar surface area (TPSA) is 52.6 Å². The lowest BCUT2D eigenvalue weighted by Crippen LogP contribution is -2.08. The summed E-state index contributed by atoms with van der Waals surface area (Å²) >= 11 is 0. The van der Waals surface area contributed by atoms with Crippen LogP contribution in [-0.4, -0.2) is 28.2 Å². The lowest BCUT2D eigenvalue weighted by molar-refractivity contribution is 0.100. The molecule has 0 unspecified atom stereocenters. The zero-order valence-electron chi connectivity index (χ0n) is 11.4. The van der Waals surface area contributed by atoms with Crippen molar-refractivity contribution in [3.05, 3.63) is 23.3 Å². The molecule has 6 heteroatoms. The van der Waals surface area contributed by atoms with Gasteiger partial charge in [0.1, 0.15) is 12.4 Å². The van der Waals surface area contributed by atoms with Crippen molar-refractivity contribution in [2.24, 2.45) is 0 Å². The van der Waals surface area contributed by atoms with Crippen LogP contribution in [0.25, 0.3) is 0 Å². The van der Waals surface area contributed by atoms with E-state index in [4.69, 9.17) is 20.2 Å². The molecular formula is C13H19ClO4S. The third kappa shape index (κ3) is 5.01. The van der Waals surface area contributed by atoms with E-state index < -0.39 is 9.05 Å². The third-order valence-electron chi connectivity index (χ3n) is 2.57. The molecule has 0 heterocycles.